The zero-order valence-corrected chi connectivity index (χ0v) is 13.0. The highest BCUT2D eigenvalue weighted by molar-refractivity contribution is 5.95. The second-order valence-corrected chi connectivity index (χ2v) is 5.80. The Labute approximate surface area is 136 Å². The number of aromatic nitrogens is 4. The standard InChI is InChI=1S/C15H16F3N5O/c1-9-11(4-5-20-22-9)14(24)23-6-2-3-10(8-23)13-19-7-12(21-13)15(16,17)18/h4-5,7,10H,2-3,6,8H2,1H3,(H,19,21)/t10-/m1/s1. The van der Waals surface area contributed by atoms with E-state index in [0.717, 1.165) is 6.20 Å². The average Bonchev–Trinajstić information content (AvgIpc) is 3.05. The highest BCUT2D eigenvalue weighted by Crippen LogP contribution is 2.31. The molecule has 0 unspecified atom stereocenters. The van der Waals surface area contributed by atoms with Crippen molar-refractivity contribution in [1.82, 2.24) is 25.1 Å². The summed E-state index contributed by atoms with van der Waals surface area (Å²) in [5.41, 5.74) is 0.123. The van der Waals surface area contributed by atoms with Crippen LogP contribution in [0.3, 0.4) is 0 Å². The van der Waals surface area contributed by atoms with Crippen LogP contribution in [0.4, 0.5) is 13.2 Å². The molecule has 0 spiro atoms. The number of hydrogen-bond acceptors (Lipinski definition) is 4. The predicted molar refractivity (Wildman–Crippen MR) is 78.2 cm³/mol. The highest BCUT2D eigenvalue weighted by atomic mass is 19.4. The van der Waals surface area contributed by atoms with Crippen LogP contribution in [0.15, 0.2) is 18.5 Å². The minimum atomic E-state index is -4.45. The van der Waals surface area contributed by atoms with Gasteiger partial charge in [0.25, 0.3) is 5.91 Å². The van der Waals surface area contributed by atoms with Gasteiger partial charge in [-0.3, -0.25) is 4.79 Å². The van der Waals surface area contributed by atoms with Crippen molar-refractivity contribution in [3.63, 3.8) is 0 Å². The van der Waals surface area contributed by atoms with Crippen molar-refractivity contribution >= 4 is 5.91 Å². The largest absolute Gasteiger partial charge is 0.432 e. The molecule has 6 nitrogen and oxygen atoms in total. The molecule has 1 saturated heterocycles. The van der Waals surface area contributed by atoms with E-state index in [2.05, 4.69) is 20.2 Å². The third-order valence-electron chi connectivity index (χ3n) is 4.13. The van der Waals surface area contributed by atoms with Crippen molar-refractivity contribution in [2.45, 2.75) is 31.9 Å². The number of halogens is 3. The normalized spacial score (nSPS) is 18.7. The first-order chi connectivity index (χ1) is 11.4. The number of imidazole rings is 1. The number of aromatic amines is 1. The van der Waals surface area contributed by atoms with Crippen LogP contribution in [0.25, 0.3) is 0 Å². The molecule has 0 saturated carbocycles. The molecule has 1 aliphatic heterocycles. The summed E-state index contributed by atoms with van der Waals surface area (Å²) in [5, 5.41) is 7.58. The Morgan fingerprint density at radius 1 is 1.42 bits per heavy atom. The fourth-order valence-corrected chi connectivity index (χ4v) is 2.87. The number of carbonyl (C=O) groups excluding carboxylic acids is 1. The summed E-state index contributed by atoms with van der Waals surface area (Å²) in [4.78, 5) is 20.4. The number of nitrogens with one attached hydrogen (secondary N) is 1. The van der Waals surface area contributed by atoms with Crippen LogP contribution in [0.1, 0.15) is 46.3 Å². The summed E-state index contributed by atoms with van der Waals surface area (Å²) in [6.45, 7) is 2.58. The molecule has 128 valence electrons. The van der Waals surface area contributed by atoms with E-state index in [4.69, 9.17) is 0 Å². The van der Waals surface area contributed by atoms with Crippen LogP contribution in [-0.4, -0.2) is 44.1 Å². The first-order valence-electron chi connectivity index (χ1n) is 7.56. The third-order valence-corrected chi connectivity index (χ3v) is 4.13. The molecule has 0 bridgehead atoms. The molecule has 0 radical (unpaired) electrons. The Morgan fingerprint density at radius 3 is 2.88 bits per heavy atom. The van der Waals surface area contributed by atoms with Gasteiger partial charge in [-0.05, 0) is 25.8 Å². The number of piperidine rings is 1. The summed E-state index contributed by atoms with van der Waals surface area (Å²) in [6, 6.07) is 1.60. The van der Waals surface area contributed by atoms with Crippen molar-refractivity contribution in [2.24, 2.45) is 0 Å². The Balaban J connectivity index is 1.76. The Kier molecular flexibility index (Phi) is 4.25. The summed E-state index contributed by atoms with van der Waals surface area (Å²) >= 11 is 0. The monoisotopic (exact) mass is 339 g/mol. The summed E-state index contributed by atoms with van der Waals surface area (Å²) in [5.74, 6) is -0.159. The van der Waals surface area contributed by atoms with Gasteiger partial charge in [-0.1, -0.05) is 0 Å². The van der Waals surface area contributed by atoms with Gasteiger partial charge < -0.3 is 9.88 Å². The molecule has 1 amide bonds. The number of nitrogens with zero attached hydrogens (tertiary/aromatic N) is 4. The molecule has 1 N–H and O–H groups in total. The predicted octanol–water partition coefficient (Wildman–Crippen LogP) is 2.55. The van der Waals surface area contributed by atoms with Gasteiger partial charge in [0.2, 0.25) is 0 Å². The van der Waals surface area contributed by atoms with Crippen molar-refractivity contribution < 1.29 is 18.0 Å². The minimum Gasteiger partial charge on any atom is -0.338 e. The Bertz CT molecular complexity index is 743. The smallest absolute Gasteiger partial charge is 0.338 e. The van der Waals surface area contributed by atoms with E-state index in [1.54, 1.807) is 17.9 Å². The molecule has 2 aromatic heterocycles. The van der Waals surface area contributed by atoms with Crippen LogP contribution in [0.2, 0.25) is 0 Å². The van der Waals surface area contributed by atoms with Crippen LogP contribution < -0.4 is 0 Å². The second-order valence-electron chi connectivity index (χ2n) is 5.80. The minimum absolute atomic E-state index is 0.185. The molecule has 0 aliphatic carbocycles. The average molecular weight is 339 g/mol. The van der Waals surface area contributed by atoms with Gasteiger partial charge in [0.05, 0.1) is 23.7 Å². The number of likely N-dealkylation sites (tertiary alicyclic amines) is 1. The quantitative estimate of drug-likeness (QED) is 0.912. The van der Waals surface area contributed by atoms with Crippen molar-refractivity contribution in [3.05, 3.63) is 41.2 Å². The van der Waals surface area contributed by atoms with E-state index in [0.29, 0.717) is 37.2 Å². The molecule has 1 fully saturated rings. The highest BCUT2D eigenvalue weighted by Gasteiger charge is 2.35. The number of hydrogen-bond donors (Lipinski definition) is 1. The van der Waals surface area contributed by atoms with Gasteiger partial charge in [-0.15, -0.1) is 0 Å². The number of carbonyl (C=O) groups is 1. The van der Waals surface area contributed by atoms with Gasteiger partial charge in [-0.25, -0.2) is 4.98 Å². The summed E-state index contributed by atoms with van der Waals surface area (Å²) in [6.07, 6.45) is -0.815. The first kappa shape index (κ1) is 16.4. The molecular formula is C15H16F3N5O. The van der Waals surface area contributed by atoms with Gasteiger partial charge in [0.15, 0.2) is 0 Å². The molecule has 2 aromatic rings. The maximum Gasteiger partial charge on any atom is 0.432 e. The maximum atomic E-state index is 12.7. The Hall–Kier alpha value is -2.45. The van der Waals surface area contributed by atoms with E-state index < -0.39 is 11.9 Å². The number of alkyl halides is 3. The number of amides is 1. The van der Waals surface area contributed by atoms with Gasteiger partial charge in [0.1, 0.15) is 11.5 Å². The van der Waals surface area contributed by atoms with Gasteiger partial charge in [-0.2, -0.15) is 23.4 Å². The van der Waals surface area contributed by atoms with Gasteiger partial charge >= 0.3 is 6.18 Å². The van der Waals surface area contributed by atoms with E-state index in [1.807, 2.05) is 0 Å². The van der Waals surface area contributed by atoms with Crippen LogP contribution in [0.5, 0.6) is 0 Å². The van der Waals surface area contributed by atoms with Crippen LogP contribution >= 0.6 is 0 Å². The van der Waals surface area contributed by atoms with E-state index in [9.17, 15) is 18.0 Å². The van der Waals surface area contributed by atoms with E-state index >= 15 is 0 Å². The fourth-order valence-electron chi connectivity index (χ4n) is 2.87. The lowest BCUT2D eigenvalue weighted by Gasteiger charge is -2.32. The first-order valence-corrected chi connectivity index (χ1v) is 7.56. The molecule has 9 heteroatoms. The summed E-state index contributed by atoms with van der Waals surface area (Å²) < 4.78 is 38.1. The number of aryl methyl sites for hydroxylation is 1. The molecule has 3 rings (SSSR count). The summed E-state index contributed by atoms with van der Waals surface area (Å²) in [7, 11) is 0. The SMILES string of the molecule is Cc1nnccc1C(=O)N1CCC[C@@H](c2ncc(C(F)(F)F)[nH]2)C1. The zero-order chi connectivity index (χ0) is 17.3. The van der Waals surface area contributed by atoms with Crippen molar-refractivity contribution in [3.8, 4) is 0 Å². The molecule has 24 heavy (non-hydrogen) atoms. The lowest BCUT2D eigenvalue weighted by molar-refractivity contribution is -0.141. The Morgan fingerprint density at radius 2 is 2.21 bits per heavy atom. The topological polar surface area (TPSA) is 74.8 Å². The third kappa shape index (κ3) is 3.24. The van der Waals surface area contributed by atoms with Crippen LogP contribution in [0, 0.1) is 6.92 Å². The second kappa shape index (κ2) is 6.21. The molecular weight excluding hydrogens is 323 g/mol. The number of rotatable bonds is 2. The lowest BCUT2D eigenvalue weighted by atomic mass is 9.96. The lowest BCUT2D eigenvalue weighted by Crippen LogP contribution is -2.39. The van der Waals surface area contributed by atoms with Crippen molar-refractivity contribution in [1.29, 1.82) is 0 Å². The van der Waals surface area contributed by atoms with Crippen molar-refractivity contribution in [2.75, 3.05) is 13.1 Å². The fraction of sp³-hybridized carbons (Fsp3) is 0.467. The van der Waals surface area contributed by atoms with E-state index in [-0.39, 0.29) is 17.6 Å². The van der Waals surface area contributed by atoms with Crippen LogP contribution in [-0.2, 0) is 6.18 Å². The molecule has 0 aromatic carbocycles. The number of H-pyrrole nitrogens is 1. The molecule has 3 heterocycles. The van der Waals surface area contributed by atoms with Gasteiger partial charge in [0, 0.05) is 19.0 Å². The maximum absolute atomic E-state index is 12.7. The molecule has 1 aliphatic rings. The molecule has 1 atom stereocenters. The van der Waals surface area contributed by atoms with E-state index in [1.165, 1.54) is 6.20 Å². The zero-order valence-electron chi connectivity index (χ0n) is 13.0.